The minimum Gasteiger partial charge on any atom is -0.349 e. The molecular weight excluding hydrogens is 204 g/mol. The summed E-state index contributed by atoms with van der Waals surface area (Å²) >= 11 is 0. The summed E-state index contributed by atoms with van der Waals surface area (Å²) in [6.07, 6.45) is 5.53. The summed E-state index contributed by atoms with van der Waals surface area (Å²) in [5.74, 6) is 0.483. The van der Waals surface area contributed by atoms with Gasteiger partial charge in [0.1, 0.15) is 0 Å². The molecule has 3 N–H and O–H groups in total. The molecule has 2 unspecified atom stereocenters. The SMILES string of the molecule is CC(NC(=O)c1cn[nH]c1)C1CCCNC1. The van der Waals surface area contributed by atoms with Gasteiger partial charge < -0.3 is 10.6 Å². The van der Waals surface area contributed by atoms with E-state index in [0.717, 1.165) is 13.1 Å². The molecule has 1 aromatic heterocycles. The number of hydrogen-bond donors (Lipinski definition) is 3. The lowest BCUT2D eigenvalue weighted by Gasteiger charge is -2.28. The van der Waals surface area contributed by atoms with Crippen molar-refractivity contribution < 1.29 is 4.79 Å². The Morgan fingerprint density at radius 1 is 1.69 bits per heavy atom. The number of piperidine rings is 1. The lowest BCUT2D eigenvalue weighted by atomic mass is 9.93. The van der Waals surface area contributed by atoms with Crippen LogP contribution in [0.4, 0.5) is 0 Å². The van der Waals surface area contributed by atoms with Gasteiger partial charge in [-0.25, -0.2) is 0 Å². The van der Waals surface area contributed by atoms with E-state index in [9.17, 15) is 4.79 Å². The lowest BCUT2D eigenvalue weighted by molar-refractivity contribution is 0.0922. The molecule has 2 atom stereocenters. The van der Waals surface area contributed by atoms with Gasteiger partial charge in [0.05, 0.1) is 11.8 Å². The van der Waals surface area contributed by atoms with Gasteiger partial charge in [0, 0.05) is 12.2 Å². The second-order valence-corrected chi connectivity index (χ2v) is 4.36. The van der Waals surface area contributed by atoms with E-state index in [1.165, 1.54) is 12.8 Å². The third-order valence-electron chi connectivity index (χ3n) is 3.16. The molecule has 0 radical (unpaired) electrons. The molecule has 16 heavy (non-hydrogen) atoms. The van der Waals surface area contributed by atoms with E-state index < -0.39 is 0 Å². The first-order valence-corrected chi connectivity index (χ1v) is 5.77. The molecule has 0 aliphatic carbocycles. The second kappa shape index (κ2) is 5.12. The van der Waals surface area contributed by atoms with Gasteiger partial charge in [-0.2, -0.15) is 5.10 Å². The van der Waals surface area contributed by atoms with Crippen LogP contribution in [0.1, 0.15) is 30.1 Å². The fraction of sp³-hybridized carbons (Fsp3) is 0.636. The highest BCUT2D eigenvalue weighted by molar-refractivity contribution is 5.93. The van der Waals surface area contributed by atoms with Gasteiger partial charge in [0.2, 0.25) is 0 Å². The van der Waals surface area contributed by atoms with Crippen molar-refractivity contribution in [2.24, 2.45) is 5.92 Å². The van der Waals surface area contributed by atoms with E-state index in [1.54, 1.807) is 12.4 Å². The van der Waals surface area contributed by atoms with Crippen molar-refractivity contribution in [3.05, 3.63) is 18.0 Å². The standard InChI is InChI=1S/C11H18N4O/c1-8(9-3-2-4-12-5-9)15-11(16)10-6-13-14-7-10/h6-9,12H,2-5H2,1H3,(H,13,14)(H,15,16). The maximum absolute atomic E-state index is 11.8. The number of amides is 1. The Kier molecular flexibility index (Phi) is 3.56. The third-order valence-corrected chi connectivity index (χ3v) is 3.16. The Bertz CT molecular complexity index is 330. The Labute approximate surface area is 95.0 Å². The number of H-pyrrole nitrogens is 1. The number of nitrogens with one attached hydrogen (secondary N) is 3. The summed E-state index contributed by atoms with van der Waals surface area (Å²) in [4.78, 5) is 11.8. The number of carbonyl (C=O) groups is 1. The maximum atomic E-state index is 11.8. The van der Waals surface area contributed by atoms with Crippen molar-refractivity contribution in [1.82, 2.24) is 20.8 Å². The molecule has 5 nitrogen and oxygen atoms in total. The number of aromatic amines is 1. The smallest absolute Gasteiger partial charge is 0.254 e. The van der Waals surface area contributed by atoms with Crippen LogP contribution in [0.3, 0.4) is 0 Å². The molecule has 5 heteroatoms. The Hall–Kier alpha value is -1.36. The van der Waals surface area contributed by atoms with Crippen LogP contribution in [0.5, 0.6) is 0 Å². The molecule has 1 aliphatic rings. The van der Waals surface area contributed by atoms with E-state index >= 15 is 0 Å². The topological polar surface area (TPSA) is 69.8 Å². The maximum Gasteiger partial charge on any atom is 0.254 e. The highest BCUT2D eigenvalue weighted by atomic mass is 16.1. The summed E-state index contributed by atoms with van der Waals surface area (Å²) in [7, 11) is 0. The molecule has 0 spiro atoms. The van der Waals surface area contributed by atoms with Crippen LogP contribution in [0.25, 0.3) is 0 Å². The summed E-state index contributed by atoms with van der Waals surface area (Å²) in [5.41, 5.74) is 0.593. The molecule has 1 amide bonds. The molecule has 0 saturated carbocycles. The van der Waals surface area contributed by atoms with Crippen LogP contribution in [-0.4, -0.2) is 35.2 Å². The predicted molar refractivity (Wildman–Crippen MR) is 61.1 cm³/mol. The van der Waals surface area contributed by atoms with Gasteiger partial charge in [0.15, 0.2) is 0 Å². The molecule has 2 heterocycles. The summed E-state index contributed by atoms with van der Waals surface area (Å²) < 4.78 is 0. The Morgan fingerprint density at radius 3 is 3.19 bits per heavy atom. The first-order chi connectivity index (χ1) is 7.77. The number of aromatic nitrogens is 2. The van der Waals surface area contributed by atoms with Crippen LogP contribution in [0.15, 0.2) is 12.4 Å². The van der Waals surface area contributed by atoms with Crippen molar-refractivity contribution in [1.29, 1.82) is 0 Å². The van der Waals surface area contributed by atoms with Gasteiger partial charge in [-0.15, -0.1) is 0 Å². The largest absolute Gasteiger partial charge is 0.349 e. The Morgan fingerprint density at radius 2 is 2.56 bits per heavy atom. The fourth-order valence-corrected chi connectivity index (χ4v) is 2.09. The molecule has 1 aliphatic heterocycles. The molecule has 0 aromatic carbocycles. The summed E-state index contributed by atoms with van der Waals surface area (Å²) in [6, 6.07) is 0.204. The number of hydrogen-bond acceptors (Lipinski definition) is 3. The molecule has 1 aromatic rings. The quantitative estimate of drug-likeness (QED) is 0.698. The molecule has 1 fully saturated rings. The zero-order chi connectivity index (χ0) is 11.4. The summed E-state index contributed by atoms with van der Waals surface area (Å²) in [6.45, 7) is 4.15. The molecule has 1 saturated heterocycles. The van der Waals surface area contributed by atoms with Crippen molar-refractivity contribution in [2.45, 2.75) is 25.8 Å². The highest BCUT2D eigenvalue weighted by Crippen LogP contribution is 2.14. The van der Waals surface area contributed by atoms with Gasteiger partial charge in [0.25, 0.3) is 5.91 Å². The van der Waals surface area contributed by atoms with Crippen LogP contribution < -0.4 is 10.6 Å². The highest BCUT2D eigenvalue weighted by Gasteiger charge is 2.21. The van der Waals surface area contributed by atoms with Gasteiger partial charge >= 0.3 is 0 Å². The Balaban J connectivity index is 1.86. The monoisotopic (exact) mass is 222 g/mol. The third kappa shape index (κ3) is 2.61. The van der Waals surface area contributed by atoms with Crippen molar-refractivity contribution >= 4 is 5.91 Å². The van der Waals surface area contributed by atoms with Crippen molar-refractivity contribution in [2.75, 3.05) is 13.1 Å². The average molecular weight is 222 g/mol. The van der Waals surface area contributed by atoms with E-state index in [1.807, 2.05) is 0 Å². The molecule has 2 rings (SSSR count). The average Bonchev–Trinajstić information content (AvgIpc) is 2.83. The number of nitrogens with zero attached hydrogens (tertiary/aromatic N) is 1. The first-order valence-electron chi connectivity index (χ1n) is 5.77. The van der Waals surface area contributed by atoms with Gasteiger partial charge in [-0.05, 0) is 38.8 Å². The van der Waals surface area contributed by atoms with E-state index in [0.29, 0.717) is 11.5 Å². The van der Waals surface area contributed by atoms with Crippen molar-refractivity contribution in [3.63, 3.8) is 0 Å². The van der Waals surface area contributed by atoms with Gasteiger partial charge in [-0.3, -0.25) is 9.89 Å². The second-order valence-electron chi connectivity index (χ2n) is 4.36. The van der Waals surface area contributed by atoms with Crippen molar-refractivity contribution in [3.8, 4) is 0 Å². The van der Waals surface area contributed by atoms with Crippen LogP contribution >= 0.6 is 0 Å². The zero-order valence-electron chi connectivity index (χ0n) is 9.49. The van der Waals surface area contributed by atoms with E-state index in [4.69, 9.17) is 0 Å². The molecule has 0 bridgehead atoms. The normalized spacial score (nSPS) is 22.7. The van der Waals surface area contributed by atoms with Gasteiger partial charge in [-0.1, -0.05) is 0 Å². The predicted octanol–water partition coefficient (Wildman–Crippen LogP) is 0.528. The molecular formula is C11H18N4O. The van der Waals surface area contributed by atoms with Crippen LogP contribution in [0.2, 0.25) is 0 Å². The van der Waals surface area contributed by atoms with E-state index in [-0.39, 0.29) is 11.9 Å². The fourth-order valence-electron chi connectivity index (χ4n) is 2.09. The minimum atomic E-state index is -0.0492. The zero-order valence-corrected chi connectivity index (χ0v) is 9.49. The van der Waals surface area contributed by atoms with Crippen LogP contribution in [-0.2, 0) is 0 Å². The number of carbonyl (C=O) groups excluding carboxylic acids is 1. The van der Waals surface area contributed by atoms with Crippen LogP contribution in [0, 0.1) is 5.92 Å². The molecule has 88 valence electrons. The lowest BCUT2D eigenvalue weighted by Crippen LogP contribution is -2.44. The number of rotatable bonds is 3. The first kappa shape index (κ1) is 11.1. The summed E-state index contributed by atoms with van der Waals surface area (Å²) in [5, 5.41) is 12.8. The van der Waals surface area contributed by atoms with E-state index in [2.05, 4.69) is 27.8 Å². The minimum absolute atomic E-state index is 0.0492.